The van der Waals surface area contributed by atoms with E-state index in [1.54, 1.807) is 14.2 Å². The first kappa shape index (κ1) is 18.1. The highest BCUT2D eigenvalue weighted by Gasteiger charge is 2.62. The molecule has 6 heteroatoms. The number of rotatable bonds is 9. The van der Waals surface area contributed by atoms with E-state index in [2.05, 4.69) is 17.6 Å². The maximum atomic E-state index is 6.09. The predicted molar refractivity (Wildman–Crippen MR) is 84.2 cm³/mol. The SMILES string of the molecule is CCCC1(OC)C(NCCNC)CCC[Si]1(OC)OC. The van der Waals surface area contributed by atoms with Gasteiger partial charge in [-0.3, -0.25) is 0 Å². The third kappa shape index (κ3) is 3.26. The summed E-state index contributed by atoms with van der Waals surface area (Å²) in [5.41, 5.74) is 0. The highest BCUT2D eigenvalue weighted by Crippen LogP contribution is 2.42. The van der Waals surface area contributed by atoms with Crippen molar-refractivity contribution in [3.8, 4) is 0 Å². The topological polar surface area (TPSA) is 51.8 Å². The minimum atomic E-state index is -2.36. The van der Waals surface area contributed by atoms with Crippen LogP contribution in [-0.4, -0.2) is 61.3 Å². The molecule has 2 N–H and O–H groups in total. The molecular weight excluding hydrogens is 272 g/mol. The Balaban J connectivity index is 3.00. The van der Waals surface area contributed by atoms with Gasteiger partial charge in [0.25, 0.3) is 0 Å². The zero-order chi connectivity index (χ0) is 15.1. The van der Waals surface area contributed by atoms with Crippen molar-refractivity contribution in [2.45, 2.75) is 49.9 Å². The van der Waals surface area contributed by atoms with Gasteiger partial charge in [0.05, 0.1) is 0 Å². The molecule has 1 saturated heterocycles. The van der Waals surface area contributed by atoms with Crippen molar-refractivity contribution < 1.29 is 13.6 Å². The number of methoxy groups -OCH3 is 1. The number of nitrogens with one attached hydrogen (secondary N) is 2. The van der Waals surface area contributed by atoms with E-state index in [0.29, 0.717) is 6.04 Å². The molecule has 0 spiro atoms. The largest absolute Gasteiger partial charge is 0.396 e. The van der Waals surface area contributed by atoms with Crippen molar-refractivity contribution in [1.29, 1.82) is 0 Å². The van der Waals surface area contributed by atoms with Crippen molar-refractivity contribution in [2.24, 2.45) is 0 Å². The summed E-state index contributed by atoms with van der Waals surface area (Å²) in [6.07, 6.45) is 4.31. The van der Waals surface area contributed by atoms with Crippen LogP contribution in [0.5, 0.6) is 0 Å². The first-order valence-corrected chi connectivity index (χ1v) is 9.72. The first-order chi connectivity index (χ1) is 9.66. The van der Waals surface area contributed by atoms with E-state index < -0.39 is 8.56 Å². The van der Waals surface area contributed by atoms with E-state index in [1.807, 2.05) is 14.2 Å². The summed E-state index contributed by atoms with van der Waals surface area (Å²) in [4.78, 5) is 0. The molecule has 1 aliphatic heterocycles. The van der Waals surface area contributed by atoms with Crippen LogP contribution in [0.25, 0.3) is 0 Å². The van der Waals surface area contributed by atoms with Gasteiger partial charge in [-0.15, -0.1) is 0 Å². The van der Waals surface area contributed by atoms with E-state index >= 15 is 0 Å². The van der Waals surface area contributed by atoms with Gasteiger partial charge in [0.2, 0.25) is 0 Å². The molecule has 0 radical (unpaired) electrons. The second kappa shape index (κ2) is 8.46. The zero-order valence-electron chi connectivity index (χ0n) is 13.8. The molecule has 0 saturated carbocycles. The predicted octanol–water partition coefficient (Wildman–Crippen LogP) is 1.42. The summed E-state index contributed by atoms with van der Waals surface area (Å²) in [5, 5.41) is 6.54. The van der Waals surface area contributed by atoms with Crippen LogP contribution in [0.2, 0.25) is 6.04 Å². The van der Waals surface area contributed by atoms with Crippen molar-refractivity contribution in [3.05, 3.63) is 0 Å². The van der Waals surface area contributed by atoms with E-state index in [4.69, 9.17) is 13.6 Å². The molecule has 2 atom stereocenters. The molecule has 0 aromatic carbocycles. The molecule has 1 rings (SSSR count). The van der Waals surface area contributed by atoms with Gasteiger partial charge in [0, 0.05) is 40.5 Å². The molecule has 0 amide bonds. The minimum absolute atomic E-state index is 0.294. The molecule has 1 fully saturated rings. The summed E-state index contributed by atoms with van der Waals surface area (Å²) in [7, 11) is 5.00. The van der Waals surface area contributed by atoms with Crippen LogP contribution in [0.4, 0.5) is 0 Å². The van der Waals surface area contributed by atoms with Gasteiger partial charge < -0.3 is 24.2 Å². The average Bonchev–Trinajstić information content (AvgIpc) is 2.49. The Morgan fingerprint density at radius 3 is 2.40 bits per heavy atom. The Hall–Kier alpha value is 0.0169. The molecular formula is C14H32N2O3Si. The van der Waals surface area contributed by atoms with Crippen LogP contribution in [0.15, 0.2) is 0 Å². The zero-order valence-corrected chi connectivity index (χ0v) is 14.8. The van der Waals surface area contributed by atoms with Gasteiger partial charge in [-0.25, -0.2) is 0 Å². The van der Waals surface area contributed by atoms with Gasteiger partial charge >= 0.3 is 8.56 Å². The van der Waals surface area contributed by atoms with Crippen molar-refractivity contribution in [1.82, 2.24) is 10.6 Å². The van der Waals surface area contributed by atoms with Crippen molar-refractivity contribution >= 4 is 8.56 Å². The molecule has 5 nitrogen and oxygen atoms in total. The Morgan fingerprint density at radius 2 is 1.90 bits per heavy atom. The highest BCUT2D eigenvalue weighted by atomic mass is 28.4. The molecule has 1 aliphatic rings. The summed E-state index contributed by atoms with van der Waals surface area (Å²) in [6.45, 7) is 4.09. The molecule has 0 bridgehead atoms. The Labute approximate surface area is 125 Å². The normalized spacial score (nSPS) is 29.6. The number of likely N-dealkylation sites (N-methyl/N-ethyl adjacent to an activating group) is 1. The lowest BCUT2D eigenvalue weighted by atomic mass is 9.99. The highest BCUT2D eigenvalue weighted by molar-refractivity contribution is 6.71. The third-order valence-electron chi connectivity index (χ3n) is 4.62. The van der Waals surface area contributed by atoms with Gasteiger partial charge in [-0.05, 0) is 32.4 Å². The minimum Gasteiger partial charge on any atom is -0.396 e. The van der Waals surface area contributed by atoms with E-state index in [-0.39, 0.29) is 5.22 Å². The lowest BCUT2D eigenvalue weighted by Crippen LogP contribution is -2.73. The fourth-order valence-corrected chi connectivity index (χ4v) is 7.73. The van der Waals surface area contributed by atoms with Crippen molar-refractivity contribution in [2.75, 3.05) is 41.5 Å². The smallest absolute Gasteiger partial charge is 0.372 e. The van der Waals surface area contributed by atoms with Crippen LogP contribution in [0.3, 0.4) is 0 Å². The fourth-order valence-electron chi connectivity index (χ4n) is 3.66. The monoisotopic (exact) mass is 304 g/mol. The lowest BCUT2D eigenvalue weighted by Gasteiger charge is -2.52. The maximum absolute atomic E-state index is 6.09. The maximum Gasteiger partial charge on any atom is 0.372 e. The Morgan fingerprint density at radius 1 is 1.20 bits per heavy atom. The van der Waals surface area contributed by atoms with Crippen LogP contribution in [0.1, 0.15) is 32.6 Å². The lowest BCUT2D eigenvalue weighted by molar-refractivity contribution is -0.0370. The third-order valence-corrected chi connectivity index (χ3v) is 9.04. The molecule has 20 heavy (non-hydrogen) atoms. The van der Waals surface area contributed by atoms with Gasteiger partial charge in [-0.1, -0.05) is 13.3 Å². The molecule has 2 unspecified atom stereocenters. The number of hydrogen-bond donors (Lipinski definition) is 2. The standard InChI is InChI=1S/C14H32N2O3Si/c1-6-9-14(17-3)13(16-11-10-15-2)8-7-12-20(14,18-4)19-5/h13,15-16H,6-12H2,1-5H3. The first-order valence-electron chi connectivity index (χ1n) is 7.69. The number of ether oxygens (including phenoxy) is 1. The average molecular weight is 305 g/mol. The van der Waals surface area contributed by atoms with E-state index in [9.17, 15) is 0 Å². The van der Waals surface area contributed by atoms with Crippen molar-refractivity contribution in [3.63, 3.8) is 0 Å². The summed E-state index contributed by atoms with van der Waals surface area (Å²) < 4.78 is 18.0. The van der Waals surface area contributed by atoms with E-state index in [1.165, 1.54) is 0 Å². The summed E-state index contributed by atoms with van der Waals surface area (Å²) in [6, 6.07) is 1.32. The Kier molecular flexibility index (Phi) is 7.64. The summed E-state index contributed by atoms with van der Waals surface area (Å²) in [5.74, 6) is 0. The van der Waals surface area contributed by atoms with Gasteiger partial charge in [0.1, 0.15) is 5.22 Å². The fraction of sp³-hybridized carbons (Fsp3) is 1.00. The van der Waals surface area contributed by atoms with Gasteiger partial charge in [0.15, 0.2) is 0 Å². The second-order valence-electron chi connectivity index (χ2n) is 5.51. The van der Waals surface area contributed by atoms with Gasteiger partial charge in [-0.2, -0.15) is 0 Å². The Bertz CT molecular complexity index is 277. The molecule has 0 aromatic heterocycles. The number of hydrogen-bond acceptors (Lipinski definition) is 5. The van der Waals surface area contributed by atoms with Crippen LogP contribution >= 0.6 is 0 Å². The molecule has 0 aromatic rings. The summed E-state index contributed by atoms with van der Waals surface area (Å²) >= 11 is 0. The van der Waals surface area contributed by atoms with Crippen LogP contribution in [0, 0.1) is 0 Å². The van der Waals surface area contributed by atoms with Crippen LogP contribution < -0.4 is 10.6 Å². The molecule has 1 heterocycles. The molecule has 0 aliphatic carbocycles. The quantitative estimate of drug-likeness (QED) is 0.498. The van der Waals surface area contributed by atoms with Crippen LogP contribution in [-0.2, 0) is 13.6 Å². The van der Waals surface area contributed by atoms with E-state index in [0.717, 1.165) is 44.8 Å². The molecule has 120 valence electrons. The second-order valence-corrected chi connectivity index (χ2v) is 9.18.